The minimum Gasteiger partial charge on any atom is -0.493 e. The van der Waals surface area contributed by atoms with Gasteiger partial charge in [0, 0.05) is 45.2 Å². The third-order valence-electron chi connectivity index (χ3n) is 9.12. The summed E-state index contributed by atoms with van der Waals surface area (Å²) in [5.74, 6) is 1.28. The smallest absolute Gasteiger partial charge is 0.276 e. The monoisotopic (exact) mass is 643 g/mol. The van der Waals surface area contributed by atoms with Crippen molar-refractivity contribution in [2.75, 3.05) is 72.2 Å². The number of ether oxygens (including phenoxy) is 2. The normalized spacial score (nSPS) is 18.7. The van der Waals surface area contributed by atoms with E-state index < -0.39 is 10.0 Å². The van der Waals surface area contributed by atoms with E-state index in [1.54, 1.807) is 16.6 Å². The number of likely N-dealkylation sites (N-methyl/N-ethyl adjacent to an activating group) is 1. The maximum absolute atomic E-state index is 13.9. The molecule has 1 aromatic carbocycles. The highest BCUT2D eigenvalue weighted by molar-refractivity contribution is 7.89. The van der Waals surface area contributed by atoms with E-state index in [2.05, 4.69) is 45.8 Å². The maximum Gasteiger partial charge on any atom is 0.276 e. The van der Waals surface area contributed by atoms with Gasteiger partial charge in [0.1, 0.15) is 22.6 Å². The molecule has 0 spiro atoms. The number of benzene rings is 1. The summed E-state index contributed by atoms with van der Waals surface area (Å²) in [6.45, 7) is 14.2. The van der Waals surface area contributed by atoms with Gasteiger partial charge < -0.3 is 19.4 Å². The summed E-state index contributed by atoms with van der Waals surface area (Å²) in [7, 11) is -3.67. The van der Waals surface area contributed by atoms with Crippen molar-refractivity contribution in [3.05, 3.63) is 46.1 Å². The first-order valence-electron chi connectivity index (χ1n) is 16.6. The molecule has 0 amide bonds. The number of H-pyrrole nitrogens is 2. The number of hydrogen-bond donors (Lipinski definition) is 2. The van der Waals surface area contributed by atoms with Crippen molar-refractivity contribution in [3.63, 3.8) is 0 Å². The number of piperazine rings is 1. The van der Waals surface area contributed by atoms with E-state index >= 15 is 0 Å². The number of aromatic amines is 2. The van der Waals surface area contributed by atoms with Gasteiger partial charge in [-0.25, -0.2) is 13.4 Å². The second kappa shape index (κ2) is 15.6. The Balaban J connectivity index is 1.49. The Hall–Kier alpha value is -2.84. The number of sulfonamides is 1. The quantitative estimate of drug-likeness (QED) is 0.255. The Labute approximate surface area is 266 Å². The van der Waals surface area contributed by atoms with Crippen LogP contribution in [0.15, 0.2) is 34.1 Å². The predicted molar refractivity (Wildman–Crippen MR) is 174 cm³/mol. The lowest BCUT2D eigenvalue weighted by Crippen LogP contribution is -2.48. The Kier molecular flexibility index (Phi) is 11.6. The summed E-state index contributed by atoms with van der Waals surface area (Å²) >= 11 is 0. The Morgan fingerprint density at radius 3 is 2.47 bits per heavy atom. The van der Waals surface area contributed by atoms with Crippen LogP contribution in [-0.4, -0.2) is 115 Å². The minimum atomic E-state index is -3.67. The highest BCUT2D eigenvalue weighted by Crippen LogP contribution is 2.40. The van der Waals surface area contributed by atoms with Crippen LogP contribution >= 0.6 is 0 Å². The Bertz CT molecular complexity index is 1540. The largest absolute Gasteiger partial charge is 0.493 e. The van der Waals surface area contributed by atoms with E-state index in [1.807, 2.05) is 12.1 Å². The average Bonchev–Trinajstić information content (AvgIpc) is 3.55. The zero-order chi connectivity index (χ0) is 31.8. The van der Waals surface area contributed by atoms with Crippen molar-refractivity contribution in [1.29, 1.82) is 0 Å². The molecule has 0 radical (unpaired) electrons. The van der Waals surface area contributed by atoms with E-state index in [1.165, 1.54) is 0 Å². The number of nitrogens with one attached hydrogen (secondary N) is 2. The molecular weight excluding hydrogens is 594 g/mol. The zero-order valence-electron chi connectivity index (χ0n) is 27.0. The van der Waals surface area contributed by atoms with Crippen LogP contribution < -0.4 is 10.3 Å². The van der Waals surface area contributed by atoms with Gasteiger partial charge in [0.05, 0.1) is 30.9 Å². The number of morpholine rings is 1. The molecule has 0 aliphatic carbocycles. The molecule has 4 heterocycles. The number of aromatic nitrogens is 4. The van der Waals surface area contributed by atoms with Gasteiger partial charge in [-0.1, -0.05) is 27.2 Å². The van der Waals surface area contributed by atoms with E-state index in [9.17, 15) is 13.2 Å². The standard InChI is InChI=1S/C32H49N7O5S/c1-4-7-24(21-25(10-11-38-16-19-43-20-17-38)31-34-28-23-33-36-30(28)32(40)35-31)27-22-26(8-9-29(27)44-18-5-2)45(41,42)39-14-12-37(6-3)13-15-39/h8-9,22-25H,4-7,10-21H2,1-3H3,(H,33,36)(H,34,35,40). The van der Waals surface area contributed by atoms with Gasteiger partial charge in [0.2, 0.25) is 10.0 Å². The fourth-order valence-electron chi connectivity index (χ4n) is 6.47. The summed E-state index contributed by atoms with van der Waals surface area (Å²) in [5, 5.41) is 6.78. The van der Waals surface area contributed by atoms with Gasteiger partial charge in [-0.2, -0.15) is 9.40 Å². The van der Waals surface area contributed by atoms with Crippen molar-refractivity contribution in [3.8, 4) is 5.75 Å². The van der Waals surface area contributed by atoms with Gasteiger partial charge in [0.25, 0.3) is 5.56 Å². The molecule has 248 valence electrons. The van der Waals surface area contributed by atoms with E-state index in [0.717, 1.165) is 76.3 Å². The molecule has 0 saturated carbocycles. The highest BCUT2D eigenvalue weighted by atomic mass is 32.2. The topological polar surface area (TPSA) is 137 Å². The first-order valence-corrected chi connectivity index (χ1v) is 18.0. The van der Waals surface area contributed by atoms with Gasteiger partial charge in [-0.15, -0.1) is 0 Å². The number of rotatable bonds is 15. The summed E-state index contributed by atoms with van der Waals surface area (Å²) in [6, 6.07) is 5.38. The van der Waals surface area contributed by atoms with Gasteiger partial charge in [-0.05, 0) is 68.5 Å². The molecule has 0 bridgehead atoms. The summed E-state index contributed by atoms with van der Waals surface area (Å²) in [6.07, 6.45) is 5.66. The molecular formula is C32H49N7O5S. The van der Waals surface area contributed by atoms with Gasteiger partial charge >= 0.3 is 0 Å². The van der Waals surface area contributed by atoms with Crippen molar-refractivity contribution in [1.82, 2.24) is 34.3 Å². The van der Waals surface area contributed by atoms with Crippen molar-refractivity contribution in [2.45, 2.75) is 69.6 Å². The van der Waals surface area contributed by atoms with Crippen LogP contribution in [0.3, 0.4) is 0 Å². The van der Waals surface area contributed by atoms with Gasteiger partial charge in [-0.3, -0.25) is 14.8 Å². The first-order chi connectivity index (χ1) is 21.8. The van der Waals surface area contributed by atoms with Crippen LogP contribution in [0.4, 0.5) is 0 Å². The van der Waals surface area contributed by atoms with E-state index in [-0.39, 0.29) is 17.4 Å². The molecule has 12 nitrogen and oxygen atoms in total. The summed E-state index contributed by atoms with van der Waals surface area (Å²) in [4.78, 5) is 25.8. The predicted octanol–water partition coefficient (Wildman–Crippen LogP) is 3.54. The second-order valence-corrected chi connectivity index (χ2v) is 14.1. The first kappa shape index (κ1) is 33.5. The van der Waals surface area contributed by atoms with Crippen LogP contribution in [0.1, 0.15) is 76.1 Å². The van der Waals surface area contributed by atoms with Crippen molar-refractivity contribution in [2.24, 2.45) is 0 Å². The SMILES string of the molecule is CCCOc1ccc(S(=O)(=O)N2CCN(CC)CC2)cc1C(CCC)CC(CCN1CCOCC1)c1nc2cn[nH]c2c(=O)[nH]1. The minimum absolute atomic E-state index is 0.00557. The summed E-state index contributed by atoms with van der Waals surface area (Å²) in [5.41, 5.74) is 1.57. The molecule has 2 N–H and O–H groups in total. The van der Waals surface area contributed by atoms with Crippen LogP contribution in [0.2, 0.25) is 0 Å². The van der Waals surface area contributed by atoms with Crippen LogP contribution in [0, 0.1) is 0 Å². The number of nitrogens with zero attached hydrogens (tertiary/aromatic N) is 5. The van der Waals surface area contributed by atoms with Crippen LogP contribution in [0.5, 0.6) is 5.75 Å². The fraction of sp³-hybridized carbons (Fsp3) is 0.656. The molecule has 13 heteroatoms. The van der Waals surface area contributed by atoms with Crippen molar-refractivity contribution < 1.29 is 17.9 Å². The highest BCUT2D eigenvalue weighted by Gasteiger charge is 2.31. The molecule has 2 unspecified atom stereocenters. The van der Waals surface area contributed by atoms with Gasteiger partial charge in [0.15, 0.2) is 0 Å². The van der Waals surface area contributed by atoms with Crippen molar-refractivity contribution >= 4 is 21.1 Å². The second-order valence-electron chi connectivity index (χ2n) is 12.1. The number of hydrogen-bond acceptors (Lipinski definition) is 9. The van der Waals surface area contributed by atoms with Crippen LogP contribution in [-0.2, 0) is 14.8 Å². The third kappa shape index (κ3) is 8.12. The fourth-order valence-corrected chi connectivity index (χ4v) is 7.93. The summed E-state index contributed by atoms with van der Waals surface area (Å²) < 4.78 is 41.2. The maximum atomic E-state index is 13.9. The molecule has 3 aromatic rings. The lowest BCUT2D eigenvalue weighted by atomic mass is 9.83. The van der Waals surface area contributed by atoms with E-state index in [4.69, 9.17) is 14.5 Å². The number of fused-ring (bicyclic) bond motifs is 1. The van der Waals surface area contributed by atoms with Crippen LogP contribution in [0.25, 0.3) is 11.0 Å². The average molecular weight is 644 g/mol. The molecule has 2 atom stereocenters. The molecule has 2 aromatic heterocycles. The molecule has 2 fully saturated rings. The Morgan fingerprint density at radius 1 is 0.978 bits per heavy atom. The molecule has 2 saturated heterocycles. The molecule has 5 rings (SSSR count). The van der Waals surface area contributed by atoms with E-state index in [0.29, 0.717) is 61.1 Å². The molecule has 2 aliphatic heterocycles. The lowest BCUT2D eigenvalue weighted by Gasteiger charge is -2.33. The molecule has 2 aliphatic rings. The zero-order valence-corrected chi connectivity index (χ0v) is 27.8. The molecule has 45 heavy (non-hydrogen) atoms. The Morgan fingerprint density at radius 2 is 1.76 bits per heavy atom. The third-order valence-corrected chi connectivity index (χ3v) is 11.0. The lowest BCUT2D eigenvalue weighted by molar-refractivity contribution is 0.0362.